The van der Waals surface area contributed by atoms with Crippen molar-refractivity contribution in [3.05, 3.63) is 23.5 Å². The molecule has 4 N–H and O–H groups in total. The molecular weight excluding hydrogens is 255 g/mol. The molecule has 0 aromatic heterocycles. The Morgan fingerprint density at radius 3 is 2.55 bits per heavy atom. The summed E-state index contributed by atoms with van der Waals surface area (Å²) in [5.74, 6) is -0.412. The Kier molecular flexibility index (Phi) is 5.95. The Balaban J connectivity index is 0.000000956. The van der Waals surface area contributed by atoms with Gasteiger partial charge in [0, 0.05) is 43.1 Å². The van der Waals surface area contributed by atoms with Crippen molar-refractivity contribution in [1.29, 1.82) is 0 Å². The zero-order valence-electron chi connectivity index (χ0n) is 12.7. The third kappa shape index (κ3) is 3.28. The number of benzene rings is 1. The Morgan fingerprint density at radius 1 is 1.40 bits per heavy atom. The van der Waals surface area contributed by atoms with E-state index in [2.05, 4.69) is 16.8 Å². The molecular formula is C15H25FN4. The highest BCUT2D eigenvalue weighted by molar-refractivity contribution is 5.94. The molecule has 112 valence electrons. The molecule has 1 heterocycles. The number of nitrogens with zero attached hydrogens (tertiary/aromatic N) is 2. The standard InChI is InChI=1S/C13H19FN4.C2H6/c1-8-5-9(15)7-18(8)12-4-3-11(14)13(16)10(12)6-17-2;1-2/h3-4,6,8-9H,5,7,15-16H2,1-2H3;1-2H3. The van der Waals surface area contributed by atoms with Gasteiger partial charge in [0.1, 0.15) is 5.82 Å². The summed E-state index contributed by atoms with van der Waals surface area (Å²) in [5.41, 5.74) is 13.4. The average Bonchev–Trinajstić information content (AvgIpc) is 2.77. The first kappa shape index (κ1) is 16.4. The van der Waals surface area contributed by atoms with Gasteiger partial charge in [-0.1, -0.05) is 13.8 Å². The normalized spacial score (nSPS) is 22.0. The van der Waals surface area contributed by atoms with Crippen molar-refractivity contribution in [2.24, 2.45) is 10.7 Å². The second-order valence-corrected chi connectivity index (χ2v) is 4.78. The van der Waals surface area contributed by atoms with Crippen molar-refractivity contribution in [3.63, 3.8) is 0 Å². The zero-order chi connectivity index (χ0) is 15.3. The lowest BCUT2D eigenvalue weighted by Crippen LogP contribution is -2.30. The molecule has 1 saturated heterocycles. The van der Waals surface area contributed by atoms with E-state index in [-0.39, 0.29) is 11.7 Å². The van der Waals surface area contributed by atoms with Crippen LogP contribution in [0.5, 0.6) is 0 Å². The van der Waals surface area contributed by atoms with Crippen molar-refractivity contribution >= 4 is 17.6 Å². The van der Waals surface area contributed by atoms with E-state index in [1.165, 1.54) is 6.07 Å². The van der Waals surface area contributed by atoms with Crippen LogP contribution in [0.15, 0.2) is 17.1 Å². The lowest BCUT2D eigenvalue weighted by atomic mass is 10.1. The largest absolute Gasteiger partial charge is 0.396 e. The second-order valence-electron chi connectivity index (χ2n) is 4.78. The minimum atomic E-state index is -0.412. The first-order valence-electron chi connectivity index (χ1n) is 7.07. The highest BCUT2D eigenvalue weighted by atomic mass is 19.1. The molecule has 0 bridgehead atoms. The number of anilines is 2. The van der Waals surface area contributed by atoms with Gasteiger partial charge in [-0.05, 0) is 25.5 Å². The maximum Gasteiger partial charge on any atom is 0.146 e. The number of nitrogen functional groups attached to an aromatic ring is 1. The molecule has 2 unspecified atom stereocenters. The highest BCUT2D eigenvalue weighted by Gasteiger charge is 2.28. The predicted octanol–water partition coefficient (Wildman–Crippen LogP) is 2.41. The number of aliphatic imine (C=N–C) groups is 1. The summed E-state index contributed by atoms with van der Waals surface area (Å²) >= 11 is 0. The van der Waals surface area contributed by atoms with Gasteiger partial charge in [0.05, 0.1) is 5.69 Å². The maximum atomic E-state index is 13.5. The maximum absolute atomic E-state index is 13.5. The van der Waals surface area contributed by atoms with Crippen LogP contribution < -0.4 is 16.4 Å². The fraction of sp³-hybridized carbons (Fsp3) is 0.533. The molecule has 20 heavy (non-hydrogen) atoms. The van der Waals surface area contributed by atoms with Gasteiger partial charge in [0.2, 0.25) is 0 Å². The van der Waals surface area contributed by atoms with Crippen LogP contribution in [0, 0.1) is 5.82 Å². The van der Waals surface area contributed by atoms with Crippen LogP contribution in [0.25, 0.3) is 0 Å². The number of hydrogen-bond acceptors (Lipinski definition) is 4. The first-order chi connectivity index (χ1) is 9.54. The van der Waals surface area contributed by atoms with Gasteiger partial charge in [0.25, 0.3) is 0 Å². The van der Waals surface area contributed by atoms with Gasteiger partial charge in [-0.3, -0.25) is 4.99 Å². The average molecular weight is 280 g/mol. The van der Waals surface area contributed by atoms with E-state index in [0.717, 1.165) is 18.7 Å². The fourth-order valence-electron chi connectivity index (χ4n) is 2.52. The van der Waals surface area contributed by atoms with E-state index in [9.17, 15) is 4.39 Å². The van der Waals surface area contributed by atoms with E-state index < -0.39 is 5.82 Å². The van der Waals surface area contributed by atoms with E-state index in [4.69, 9.17) is 11.5 Å². The molecule has 0 spiro atoms. The smallest absolute Gasteiger partial charge is 0.146 e. The summed E-state index contributed by atoms with van der Waals surface area (Å²) in [7, 11) is 1.65. The van der Waals surface area contributed by atoms with Gasteiger partial charge in [0.15, 0.2) is 0 Å². The van der Waals surface area contributed by atoms with Crippen LogP contribution >= 0.6 is 0 Å². The number of nitrogens with two attached hydrogens (primary N) is 2. The molecule has 2 atom stereocenters. The van der Waals surface area contributed by atoms with Gasteiger partial charge in [-0.25, -0.2) is 4.39 Å². The Morgan fingerprint density at radius 2 is 2.05 bits per heavy atom. The molecule has 0 radical (unpaired) electrons. The molecule has 1 aliphatic rings. The molecule has 1 aromatic carbocycles. The highest BCUT2D eigenvalue weighted by Crippen LogP contribution is 2.31. The summed E-state index contributed by atoms with van der Waals surface area (Å²) in [4.78, 5) is 6.12. The molecule has 2 rings (SSSR count). The number of hydrogen-bond donors (Lipinski definition) is 2. The quantitative estimate of drug-likeness (QED) is 0.645. The van der Waals surface area contributed by atoms with Crippen LogP contribution in [0.4, 0.5) is 15.8 Å². The van der Waals surface area contributed by atoms with Crippen LogP contribution in [-0.2, 0) is 0 Å². The molecule has 5 heteroatoms. The first-order valence-corrected chi connectivity index (χ1v) is 7.07. The minimum Gasteiger partial charge on any atom is -0.396 e. The molecule has 0 amide bonds. The zero-order valence-corrected chi connectivity index (χ0v) is 12.7. The van der Waals surface area contributed by atoms with Crippen LogP contribution in [0.2, 0.25) is 0 Å². The number of rotatable bonds is 2. The van der Waals surface area contributed by atoms with E-state index in [1.54, 1.807) is 19.3 Å². The predicted molar refractivity (Wildman–Crippen MR) is 85.1 cm³/mol. The van der Waals surface area contributed by atoms with E-state index >= 15 is 0 Å². The summed E-state index contributed by atoms with van der Waals surface area (Å²) in [6.07, 6.45) is 2.53. The van der Waals surface area contributed by atoms with Gasteiger partial charge in [-0.2, -0.15) is 0 Å². The molecule has 4 nitrogen and oxygen atoms in total. The Bertz CT molecular complexity index is 473. The third-order valence-electron chi connectivity index (χ3n) is 3.39. The molecule has 0 aliphatic carbocycles. The van der Waals surface area contributed by atoms with Crippen LogP contribution in [0.1, 0.15) is 32.8 Å². The van der Waals surface area contributed by atoms with Crippen LogP contribution in [0.3, 0.4) is 0 Å². The topological polar surface area (TPSA) is 67.6 Å². The van der Waals surface area contributed by atoms with Crippen molar-refractivity contribution in [2.75, 3.05) is 24.2 Å². The lowest BCUT2D eigenvalue weighted by Gasteiger charge is -2.26. The SMILES string of the molecule is CC.CN=Cc1c(N2CC(N)CC2C)ccc(F)c1N. The van der Waals surface area contributed by atoms with Gasteiger partial charge in [-0.15, -0.1) is 0 Å². The summed E-state index contributed by atoms with van der Waals surface area (Å²) < 4.78 is 13.5. The summed E-state index contributed by atoms with van der Waals surface area (Å²) in [6, 6.07) is 3.62. The fourth-order valence-corrected chi connectivity index (χ4v) is 2.52. The van der Waals surface area contributed by atoms with Crippen LogP contribution in [-0.4, -0.2) is 31.9 Å². The van der Waals surface area contributed by atoms with Gasteiger partial charge >= 0.3 is 0 Å². The van der Waals surface area contributed by atoms with Gasteiger partial charge < -0.3 is 16.4 Å². The molecule has 1 aliphatic heterocycles. The second kappa shape index (κ2) is 7.24. The summed E-state index contributed by atoms with van der Waals surface area (Å²) in [5, 5.41) is 0. The van der Waals surface area contributed by atoms with Crippen molar-refractivity contribution in [1.82, 2.24) is 0 Å². The monoisotopic (exact) mass is 280 g/mol. The summed E-state index contributed by atoms with van der Waals surface area (Å²) in [6.45, 7) is 6.87. The van der Waals surface area contributed by atoms with Crippen molar-refractivity contribution in [3.8, 4) is 0 Å². The van der Waals surface area contributed by atoms with E-state index in [1.807, 2.05) is 13.8 Å². The Hall–Kier alpha value is -1.62. The Labute approximate surface area is 120 Å². The van der Waals surface area contributed by atoms with Crippen molar-refractivity contribution < 1.29 is 4.39 Å². The number of halogens is 1. The third-order valence-corrected chi connectivity index (χ3v) is 3.39. The molecule has 0 saturated carbocycles. The van der Waals surface area contributed by atoms with Crippen molar-refractivity contribution in [2.45, 2.75) is 39.3 Å². The molecule has 1 fully saturated rings. The molecule has 1 aromatic rings. The lowest BCUT2D eigenvalue weighted by molar-refractivity contribution is 0.631. The van der Waals surface area contributed by atoms with E-state index in [0.29, 0.717) is 11.6 Å². The minimum absolute atomic E-state index is 0.144.